The van der Waals surface area contributed by atoms with Crippen molar-refractivity contribution in [3.8, 4) is 0 Å². The van der Waals surface area contributed by atoms with Gasteiger partial charge in [0.05, 0.1) is 0 Å². The number of aromatic nitrogens is 3. The molecule has 3 rings (SSSR count). The summed E-state index contributed by atoms with van der Waals surface area (Å²) >= 11 is 0. The molecule has 2 heterocycles. The Morgan fingerprint density at radius 1 is 1.11 bits per heavy atom. The van der Waals surface area contributed by atoms with E-state index in [0.717, 1.165) is 23.2 Å². The summed E-state index contributed by atoms with van der Waals surface area (Å²) in [4.78, 5) is 8.68. The lowest BCUT2D eigenvalue weighted by Gasteiger charge is -2.07. The maximum atomic E-state index is 5.00. The monoisotopic (exact) mass is 245 g/mol. The van der Waals surface area contributed by atoms with Crippen LogP contribution in [0.2, 0.25) is 0 Å². The highest BCUT2D eigenvalue weighted by Crippen LogP contribution is 2.25. The van der Waals surface area contributed by atoms with E-state index in [-0.39, 0.29) is 0 Å². The van der Waals surface area contributed by atoms with Gasteiger partial charge in [0.1, 0.15) is 23.2 Å². The van der Waals surface area contributed by atoms with Gasteiger partial charge >= 0.3 is 0 Å². The molecule has 0 bridgehead atoms. The summed E-state index contributed by atoms with van der Waals surface area (Å²) in [6.45, 7) is 3.72. The van der Waals surface area contributed by atoms with Crippen molar-refractivity contribution in [2.45, 2.75) is 32.7 Å². The van der Waals surface area contributed by atoms with Gasteiger partial charge in [-0.05, 0) is 26.7 Å². The fourth-order valence-corrected chi connectivity index (χ4v) is 1.70. The van der Waals surface area contributed by atoms with E-state index in [2.05, 4.69) is 25.8 Å². The Bertz CT molecular complexity index is 561. The minimum Gasteiger partial charge on any atom is -0.367 e. The van der Waals surface area contributed by atoms with Crippen molar-refractivity contribution < 1.29 is 4.52 Å². The first kappa shape index (κ1) is 11.0. The zero-order chi connectivity index (χ0) is 12.5. The largest absolute Gasteiger partial charge is 0.367 e. The van der Waals surface area contributed by atoms with Crippen LogP contribution in [0.5, 0.6) is 0 Å². The quantitative estimate of drug-likeness (QED) is 0.861. The van der Waals surface area contributed by atoms with Crippen molar-refractivity contribution in [3.05, 3.63) is 23.7 Å². The molecule has 1 saturated carbocycles. The van der Waals surface area contributed by atoms with Crippen molar-refractivity contribution in [2.24, 2.45) is 0 Å². The van der Waals surface area contributed by atoms with E-state index >= 15 is 0 Å². The summed E-state index contributed by atoms with van der Waals surface area (Å²) in [6, 6.07) is 4.28. The van der Waals surface area contributed by atoms with E-state index in [9.17, 15) is 0 Å². The number of rotatable bonds is 4. The van der Waals surface area contributed by atoms with Gasteiger partial charge in [0.15, 0.2) is 5.82 Å². The first-order valence-corrected chi connectivity index (χ1v) is 6.01. The average molecular weight is 245 g/mol. The smallest absolute Gasteiger partial charge is 0.175 e. The highest BCUT2D eigenvalue weighted by atomic mass is 16.5. The molecular weight excluding hydrogens is 230 g/mol. The van der Waals surface area contributed by atoms with Gasteiger partial charge in [-0.15, -0.1) is 0 Å². The third-order valence-electron chi connectivity index (χ3n) is 2.65. The van der Waals surface area contributed by atoms with Crippen molar-refractivity contribution in [3.63, 3.8) is 0 Å². The Balaban J connectivity index is 1.79. The van der Waals surface area contributed by atoms with Gasteiger partial charge in [-0.2, -0.15) is 0 Å². The molecule has 1 fully saturated rings. The van der Waals surface area contributed by atoms with E-state index < -0.39 is 0 Å². The molecule has 1 aliphatic rings. The van der Waals surface area contributed by atoms with Gasteiger partial charge in [-0.1, -0.05) is 5.16 Å². The fourth-order valence-electron chi connectivity index (χ4n) is 1.70. The molecule has 1 aliphatic carbocycles. The number of anilines is 3. The summed E-state index contributed by atoms with van der Waals surface area (Å²) in [5, 5.41) is 10.3. The van der Waals surface area contributed by atoms with Gasteiger partial charge in [0.2, 0.25) is 0 Å². The van der Waals surface area contributed by atoms with Crippen LogP contribution in [0.4, 0.5) is 17.5 Å². The summed E-state index contributed by atoms with van der Waals surface area (Å²) in [5.74, 6) is 3.72. The first-order chi connectivity index (χ1) is 8.69. The molecular formula is C12H15N5O. The van der Waals surface area contributed by atoms with Gasteiger partial charge in [-0.3, -0.25) is 0 Å². The molecule has 0 aromatic carbocycles. The van der Waals surface area contributed by atoms with Crippen LogP contribution in [0, 0.1) is 13.8 Å². The summed E-state index contributed by atoms with van der Waals surface area (Å²) < 4.78 is 5.00. The molecule has 0 saturated heterocycles. The van der Waals surface area contributed by atoms with Gasteiger partial charge in [0.25, 0.3) is 0 Å². The summed E-state index contributed by atoms with van der Waals surface area (Å²) in [6.07, 6.45) is 2.43. The predicted molar refractivity (Wildman–Crippen MR) is 67.9 cm³/mol. The van der Waals surface area contributed by atoms with Gasteiger partial charge in [-0.25, -0.2) is 9.97 Å². The third kappa shape index (κ3) is 2.58. The highest BCUT2D eigenvalue weighted by molar-refractivity contribution is 5.56. The second-order valence-corrected chi connectivity index (χ2v) is 4.55. The van der Waals surface area contributed by atoms with Crippen molar-refractivity contribution in [1.82, 2.24) is 15.1 Å². The van der Waals surface area contributed by atoms with E-state index in [1.54, 1.807) is 0 Å². The number of nitrogens with one attached hydrogen (secondary N) is 2. The average Bonchev–Trinajstić information content (AvgIpc) is 3.01. The maximum Gasteiger partial charge on any atom is 0.175 e. The normalized spacial score (nSPS) is 14.6. The maximum absolute atomic E-state index is 5.00. The van der Waals surface area contributed by atoms with Crippen LogP contribution in [0.15, 0.2) is 16.7 Å². The van der Waals surface area contributed by atoms with Crippen LogP contribution in [-0.4, -0.2) is 21.2 Å². The molecule has 2 aromatic rings. The third-order valence-corrected chi connectivity index (χ3v) is 2.65. The molecule has 94 valence electrons. The van der Waals surface area contributed by atoms with Gasteiger partial charge < -0.3 is 15.2 Å². The van der Waals surface area contributed by atoms with Crippen LogP contribution in [0.1, 0.15) is 24.4 Å². The zero-order valence-corrected chi connectivity index (χ0v) is 10.4. The van der Waals surface area contributed by atoms with E-state index in [1.807, 2.05) is 26.0 Å². The molecule has 2 N–H and O–H groups in total. The second-order valence-electron chi connectivity index (χ2n) is 4.55. The van der Waals surface area contributed by atoms with Gasteiger partial charge in [0, 0.05) is 18.2 Å². The van der Waals surface area contributed by atoms with Crippen molar-refractivity contribution >= 4 is 17.5 Å². The molecule has 2 aromatic heterocycles. The fraction of sp³-hybridized carbons (Fsp3) is 0.417. The van der Waals surface area contributed by atoms with Crippen LogP contribution >= 0.6 is 0 Å². The Hall–Kier alpha value is -2.11. The van der Waals surface area contributed by atoms with E-state index in [1.165, 1.54) is 12.8 Å². The van der Waals surface area contributed by atoms with Crippen LogP contribution in [0.3, 0.4) is 0 Å². The lowest BCUT2D eigenvalue weighted by atomic mass is 10.4. The van der Waals surface area contributed by atoms with E-state index in [4.69, 9.17) is 4.52 Å². The van der Waals surface area contributed by atoms with Crippen LogP contribution in [-0.2, 0) is 0 Å². The zero-order valence-electron chi connectivity index (χ0n) is 10.4. The standard InChI is InChI=1S/C12H15N5O/c1-7-5-12(17-18-7)16-11-6-10(13-8(2)14-11)15-9-3-4-9/h5-6,9H,3-4H2,1-2H3,(H2,13,14,15,16,17). The molecule has 0 spiro atoms. The second kappa shape index (κ2) is 4.29. The molecule has 0 amide bonds. The molecule has 0 aliphatic heterocycles. The lowest BCUT2D eigenvalue weighted by Crippen LogP contribution is -2.06. The van der Waals surface area contributed by atoms with Crippen LogP contribution < -0.4 is 10.6 Å². The minimum atomic E-state index is 0.571. The Kier molecular flexibility index (Phi) is 2.62. The summed E-state index contributed by atoms with van der Waals surface area (Å²) in [7, 11) is 0. The van der Waals surface area contributed by atoms with Crippen LogP contribution in [0.25, 0.3) is 0 Å². The molecule has 0 unspecified atom stereocenters. The molecule has 0 radical (unpaired) electrons. The minimum absolute atomic E-state index is 0.571. The molecule has 6 heteroatoms. The molecule has 6 nitrogen and oxygen atoms in total. The topological polar surface area (TPSA) is 75.9 Å². The Morgan fingerprint density at radius 2 is 1.89 bits per heavy atom. The SMILES string of the molecule is Cc1nc(Nc2cc(C)on2)cc(NC2CC2)n1. The predicted octanol–water partition coefficient (Wildman–Crippen LogP) is 2.40. The summed E-state index contributed by atoms with van der Waals surface area (Å²) in [5.41, 5.74) is 0. The van der Waals surface area contributed by atoms with E-state index in [0.29, 0.717) is 11.9 Å². The lowest BCUT2D eigenvalue weighted by molar-refractivity contribution is 0.400. The highest BCUT2D eigenvalue weighted by Gasteiger charge is 2.21. The number of aryl methyl sites for hydroxylation is 2. The number of hydrogen-bond donors (Lipinski definition) is 2. The Labute approximate surface area is 105 Å². The number of nitrogens with zero attached hydrogens (tertiary/aromatic N) is 3. The molecule has 0 atom stereocenters. The number of hydrogen-bond acceptors (Lipinski definition) is 6. The molecule has 18 heavy (non-hydrogen) atoms. The first-order valence-electron chi connectivity index (χ1n) is 6.01. The van der Waals surface area contributed by atoms with Crippen molar-refractivity contribution in [1.29, 1.82) is 0 Å². The Morgan fingerprint density at radius 3 is 2.56 bits per heavy atom. The van der Waals surface area contributed by atoms with Crippen molar-refractivity contribution in [2.75, 3.05) is 10.6 Å².